The number of nitrogens with one attached hydrogen (secondary N) is 4. The Kier molecular flexibility index (Phi) is 15.4. The van der Waals surface area contributed by atoms with E-state index in [2.05, 4.69) is 50.9 Å². The number of nitrogens with zero attached hydrogens (tertiary/aromatic N) is 4. The Morgan fingerprint density at radius 1 is 0.779 bits per heavy atom. The van der Waals surface area contributed by atoms with E-state index in [9.17, 15) is 19.2 Å². The summed E-state index contributed by atoms with van der Waals surface area (Å²) in [4.78, 5) is 73.8. The number of hydrogen-bond acceptors (Lipinski definition) is 10. The number of carbonyl (C=O) groups excluding carboxylic acids is 4. The zero-order valence-electron chi connectivity index (χ0n) is 40.6. The van der Waals surface area contributed by atoms with Crippen LogP contribution in [0.5, 0.6) is 5.75 Å². The molecule has 5 unspecified atom stereocenters. The summed E-state index contributed by atoms with van der Waals surface area (Å²) in [6.45, 7) is 15.4. The number of methoxy groups -OCH3 is 3. The SMILES string of the molecule is COCC(C)CN(C(=O)C(NC(=O)OC)C1C=CC=CC=C1)C(C)c1nc2c(ccc3cc4c(cc32)OCc2cc(-c3cnc(C(C)N(CC(C)C)C(=O)C(NC(=O)OC)C(C)C)[nH]3)ccc2-4)[nH]1. The summed E-state index contributed by atoms with van der Waals surface area (Å²) < 4.78 is 21.7. The molecule has 2 aliphatic rings. The number of allylic oxidation sites excluding steroid dienone is 4. The molecule has 1 aliphatic heterocycles. The number of aromatic amines is 2. The molecule has 4 N–H and O–H groups in total. The second-order valence-electron chi connectivity index (χ2n) is 18.5. The number of benzene rings is 3. The summed E-state index contributed by atoms with van der Waals surface area (Å²) >= 11 is 0. The van der Waals surface area contributed by atoms with Gasteiger partial charge in [0, 0.05) is 37.1 Å². The highest BCUT2D eigenvalue weighted by Gasteiger charge is 2.36. The fourth-order valence-electron chi connectivity index (χ4n) is 8.97. The van der Waals surface area contributed by atoms with Crippen molar-refractivity contribution in [1.82, 2.24) is 40.4 Å². The molecule has 16 nitrogen and oxygen atoms in total. The number of H-pyrrole nitrogens is 2. The van der Waals surface area contributed by atoms with Gasteiger partial charge in [0.15, 0.2) is 0 Å². The number of fused-ring (bicyclic) bond motifs is 6. The topological polar surface area (TPSA) is 193 Å². The highest BCUT2D eigenvalue weighted by atomic mass is 16.5. The molecule has 7 rings (SSSR count). The van der Waals surface area contributed by atoms with Crippen LogP contribution in [0.3, 0.4) is 0 Å². The summed E-state index contributed by atoms with van der Waals surface area (Å²) in [6.07, 6.45) is 11.7. The Labute approximate surface area is 397 Å². The number of amides is 4. The summed E-state index contributed by atoms with van der Waals surface area (Å²) in [5.41, 5.74) is 6.31. The minimum absolute atomic E-state index is 0.0230. The third kappa shape index (κ3) is 10.6. The van der Waals surface area contributed by atoms with E-state index < -0.39 is 42.3 Å². The van der Waals surface area contributed by atoms with E-state index in [0.29, 0.717) is 38.0 Å². The lowest BCUT2D eigenvalue weighted by molar-refractivity contribution is -0.138. The monoisotopic (exact) mass is 928 g/mol. The van der Waals surface area contributed by atoms with Gasteiger partial charge in [0.25, 0.3) is 0 Å². The van der Waals surface area contributed by atoms with Gasteiger partial charge in [0.2, 0.25) is 11.8 Å². The van der Waals surface area contributed by atoms with Crippen molar-refractivity contribution in [3.63, 3.8) is 0 Å². The molecule has 0 saturated carbocycles. The number of aromatic nitrogens is 4. The van der Waals surface area contributed by atoms with E-state index >= 15 is 0 Å². The summed E-state index contributed by atoms with van der Waals surface area (Å²) in [5, 5.41) is 7.39. The van der Waals surface area contributed by atoms with Gasteiger partial charge in [-0.3, -0.25) is 9.59 Å². The van der Waals surface area contributed by atoms with Crippen LogP contribution in [0.15, 0.2) is 85.1 Å². The Hall–Kier alpha value is -6.94. The van der Waals surface area contributed by atoms with E-state index in [-0.39, 0.29) is 29.6 Å². The fraction of sp³-hybridized carbons (Fsp3) is 0.423. The summed E-state index contributed by atoms with van der Waals surface area (Å²) in [7, 11) is 4.20. The highest BCUT2D eigenvalue weighted by molar-refractivity contribution is 6.07. The molecule has 3 heterocycles. The number of ether oxygens (including phenoxy) is 4. The molecule has 3 aromatic carbocycles. The number of rotatable bonds is 17. The molecule has 0 fully saturated rings. The summed E-state index contributed by atoms with van der Waals surface area (Å²) in [5.74, 6) is 1.03. The van der Waals surface area contributed by atoms with Crippen LogP contribution in [0.1, 0.15) is 77.8 Å². The molecular formula is C52H64N8O8. The molecule has 2 aromatic heterocycles. The van der Waals surface area contributed by atoms with Crippen LogP contribution in [0.2, 0.25) is 0 Å². The van der Waals surface area contributed by atoms with Crippen molar-refractivity contribution >= 4 is 45.8 Å². The van der Waals surface area contributed by atoms with Crippen molar-refractivity contribution in [1.29, 1.82) is 0 Å². The second-order valence-corrected chi connectivity index (χ2v) is 18.5. The van der Waals surface area contributed by atoms with Gasteiger partial charge in [0.1, 0.15) is 36.1 Å². The molecule has 5 atom stereocenters. The number of carbonyl (C=O) groups is 4. The molecule has 16 heteroatoms. The predicted molar refractivity (Wildman–Crippen MR) is 261 cm³/mol. The predicted octanol–water partition coefficient (Wildman–Crippen LogP) is 8.79. The first-order valence-electron chi connectivity index (χ1n) is 23.2. The number of imidazole rings is 2. The zero-order valence-corrected chi connectivity index (χ0v) is 40.6. The number of alkyl carbamates (subject to hydrolysis) is 2. The highest BCUT2D eigenvalue weighted by Crippen LogP contribution is 2.43. The Morgan fingerprint density at radius 2 is 1.47 bits per heavy atom. The van der Waals surface area contributed by atoms with Crippen LogP contribution in [0, 0.1) is 23.7 Å². The van der Waals surface area contributed by atoms with Gasteiger partial charge in [-0.1, -0.05) is 89.3 Å². The lowest BCUT2D eigenvalue weighted by Gasteiger charge is -2.35. The maximum absolute atomic E-state index is 14.7. The standard InChI is InChI=1S/C52H64N8O8/c1-29(2)25-59(49(61)44(30(3)4)57-51(63)66-9)32(6)47-53-24-42(55-47)36-17-19-38-37(21-36)28-68-43-23-39-35(22-40(38)43)18-20-41-46(39)56-48(54-41)33(7)60(26-31(5)27-65-8)50(62)45(58-52(64)67-10)34-15-13-11-12-14-16-34/h11-24,29-34,44-45H,25-28H2,1-10H3,(H,53,55)(H,54,56)(H,57,63)(H,58,64). The Balaban J connectivity index is 1.16. The van der Waals surface area contributed by atoms with Crippen LogP contribution >= 0.6 is 0 Å². The first kappa shape index (κ1) is 49.0. The molecule has 0 saturated heterocycles. The van der Waals surface area contributed by atoms with Gasteiger partial charge in [0.05, 0.1) is 55.8 Å². The summed E-state index contributed by atoms with van der Waals surface area (Å²) in [6, 6.07) is 11.9. The van der Waals surface area contributed by atoms with Crippen molar-refractivity contribution in [2.45, 2.75) is 79.2 Å². The average molecular weight is 929 g/mol. The third-order valence-corrected chi connectivity index (χ3v) is 12.6. The van der Waals surface area contributed by atoms with E-state index in [0.717, 1.165) is 55.5 Å². The van der Waals surface area contributed by atoms with Crippen molar-refractivity contribution in [2.24, 2.45) is 23.7 Å². The largest absolute Gasteiger partial charge is 0.488 e. The molecule has 0 radical (unpaired) electrons. The fourth-order valence-corrected chi connectivity index (χ4v) is 8.97. The molecule has 1 aliphatic carbocycles. The van der Waals surface area contributed by atoms with Gasteiger partial charge in [-0.25, -0.2) is 19.6 Å². The smallest absolute Gasteiger partial charge is 0.407 e. The van der Waals surface area contributed by atoms with Gasteiger partial charge in [-0.15, -0.1) is 0 Å². The van der Waals surface area contributed by atoms with E-state index in [1.807, 2.05) is 97.1 Å². The van der Waals surface area contributed by atoms with E-state index in [1.54, 1.807) is 23.1 Å². The van der Waals surface area contributed by atoms with Gasteiger partial charge < -0.3 is 49.3 Å². The molecule has 68 heavy (non-hydrogen) atoms. The normalized spacial score (nSPS) is 15.5. The molecular weight excluding hydrogens is 865 g/mol. The zero-order chi connectivity index (χ0) is 48.8. The molecule has 4 amide bonds. The third-order valence-electron chi connectivity index (χ3n) is 12.6. The van der Waals surface area contributed by atoms with Crippen LogP contribution in [0.25, 0.3) is 44.2 Å². The van der Waals surface area contributed by atoms with Crippen LogP contribution in [0.4, 0.5) is 9.59 Å². The minimum Gasteiger partial charge on any atom is -0.488 e. The molecule has 5 aromatic rings. The lowest BCUT2D eigenvalue weighted by Crippen LogP contribution is -2.53. The van der Waals surface area contributed by atoms with Crippen LogP contribution in [-0.4, -0.2) is 107 Å². The molecule has 0 spiro atoms. The van der Waals surface area contributed by atoms with Crippen LogP contribution < -0.4 is 15.4 Å². The first-order valence-corrected chi connectivity index (χ1v) is 23.2. The Morgan fingerprint density at radius 3 is 2.15 bits per heavy atom. The van der Waals surface area contributed by atoms with Crippen LogP contribution in [-0.2, 0) is 30.4 Å². The van der Waals surface area contributed by atoms with E-state index in [4.69, 9.17) is 28.9 Å². The minimum atomic E-state index is -0.940. The van der Waals surface area contributed by atoms with Gasteiger partial charge in [-0.05, 0) is 77.9 Å². The Bertz CT molecular complexity index is 2720. The van der Waals surface area contributed by atoms with Crippen molar-refractivity contribution in [3.8, 4) is 28.1 Å². The van der Waals surface area contributed by atoms with Crippen molar-refractivity contribution in [2.75, 3.05) is 41.0 Å². The number of hydrogen-bond donors (Lipinski definition) is 4. The first-order chi connectivity index (χ1) is 32.6. The van der Waals surface area contributed by atoms with Crippen molar-refractivity contribution in [3.05, 3.63) is 102 Å². The van der Waals surface area contributed by atoms with E-state index in [1.165, 1.54) is 14.2 Å². The quantitative estimate of drug-likeness (QED) is 0.0701. The lowest BCUT2D eigenvalue weighted by atomic mass is 9.92. The van der Waals surface area contributed by atoms with Gasteiger partial charge >= 0.3 is 12.2 Å². The maximum atomic E-state index is 14.7. The molecule has 360 valence electrons. The second kappa shape index (κ2) is 21.3. The average Bonchev–Trinajstić information content (AvgIpc) is 3.93. The van der Waals surface area contributed by atoms with Gasteiger partial charge in [-0.2, -0.15) is 0 Å². The maximum Gasteiger partial charge on any atom is 0.407 e. The molecule has 0 bridgehead atoms. The van der Waals surface area contributed by atoms with Crippen molar-refractivity contribution < 1.29 is 38.1 Å².